The number of benzene rings is 6. The van der Waals surface area contributed by atoms with Gasteiger partial charge in [-0.1, -0.05) is 34.8 Å². The Bertz CT molecular complexity index is 2990. The molecule has 0 spiro atoms. The first kappa shape index (κ1) is 37.7. The molecule has 2 aliphatic rings. The molecule has 0 fully saturated rings. The second-order valence-corrected chi connectivity index (χ2v) is 13.8. The first-order chi connectivity index (χ1) is 26.3. The molecule has 284 valence electrons. The molecule has 0 unspecified atom stereocenters. The molecule has 0 aliphatic carbocycles. The van der Waals surface area contributed by atoms with Crippen LogP contribution < -0.4 is 15.0 Å². The molecule has 0 atom stereocenters. The van der Waals surface area contributed by atoms with Crippen LogP contribution in [0, 0.1) is 58.2 Å². The molecule has 20 heteroatoms. The summed E-state index contributed by atoms with van der Waals surface area (Å²) in [7, 11) is 0. The molecule has 2 heterocycles. The molecule has 0 bridgehead atoms. The highest BCUT2D eigenvalue weighted by Gasteiger charge is 2.44. The second-order valence-electron chi connectivity index (χ2n) is 12.3. The molecule has 6 aromatic carbocycles. The Kier molecular flexibility index (Phi) is 8.37. The zero-order valence-corrected chi connectivity index (χ0v) is 29.8. The van der Waals surface area contributed by atoms with Gasteiger partial charge in [-0.3, -0.25) is 19.2 Å². The Morgan fingerprint density at radius 1 is 0.446 bits per heavy atom. The molecular formula is C36H8Cl4F10N2O4. The van der Waals surface area contributed by atoms with Crippen LogP contribution in [-0.2, 0) is 10.7 Å². The number of nitrogens with zero attached hydrogens (tertiary/aromatic N) is 2. The van der Waals surface area contributed by atoms with E-state index < -0.39 is 136 Å². The quantitative estimate of drug-likeness (QED) is 0.0338. The van der Waals surface area contributed by atoms with Crippen LogP contribution in [-0.4, -0.2) is 23.6 Å². The van der Waals surface area contributed by atoms with E-state index in [4.69, 9.17) is 46.4 Å². The summed E-state index contributed by atoms with van der Waals surface area (Å²) in [5.41, 5.74) is -6.14. The van der Waals surface area contributed by atoms with E-state index in [0.717, 1.165) is 25.1 Å². The van der Waals surface area contributed by atoms with Gasteiger partial charge in [-0.25, -0.2) is 53.7 Å². The maximum atomic E-state index is 15.0. The standard InChI is InChI=1S/C36H8Cl4F10N2O4/c1-6-14-7(34(54)51(33(6)53)31-27(47)23(43)21(41)24(44)28(31)48)2-12(39)18-17(14)10(5-37)16-11(38)3-8-15-9(4-13(40)19(18)20(15)16)36(56)52(35(8)55)32-29(49)25(45)22(42)26(46)30(32)50/h2-4H,5H2,1H3. The summed E-state index contributed by atoms with van der Waals surface area (Å²) >= 11 is 26.7. The lowest BCUT2D eigenvalue weighted by Gasteiger charge is -2.31. The summed E-state index contributed by atoms with van der Waals surface area (Å²) in [5.74, 6) is -31.8. The van der Waals surface area contributed by atoms with Crippen molar-refractivity contribution in [3.63, 3.8) is 0 Å². The molecule has 0 aromatic heterocycles. The predicted octanol–water partition coefficient (Wildman–Crippen LogP) is 10.1. The normalized spacial score (nSPS) is 14.4. The fraction of sp³-hybridized carbons (Fsp3) is 0.0556. The maximum Gasteiger partial charge on any atom is 0.266 e. The van der Waals surface area contributed by atoms with Gasteiger partial charge >= 0.3 is 0 Å². The number of rotatable bonds is 3. The van der Waals surface area contributed by atoms with E-state index in [9.17, 15) is 54.3 Å². The van der Waals surface area contributed by atoms with Crippen molar-refractivity contribution in [2.45, 2.75) is 12.8 Å². The van der Waals surface area contributed by atoms with Crippen molar-refractivity contribution >= 4 is 119 Å². The average molecular weight is 864 g/mol. The van der Waals surface area contributed by atoms with E-state index in [0.29, 0.717) is 0 Å². The van der Waals surface area contributed by atoms with E-state index >= 15 is 8.78 Å². The summed E-state index contributed by atoms with van der Waals surface area (Å²) in [6.07, 6.45) is 0. The largest absolute Gasteiger partial charge is 0.269 e. The lowest BCUT2D eigenvalue weighted by Crippen LogP contribution is -2.47. The van der Waals surface area contributed by atoms with E-state index in [-0.39, 0.29) is 52.9 Å². The molecular weight excluding hydrogens is 856 g/mol. The molecule has 4 amide bonds. The van der Waals surface area contributed by atoms with Crippen LogP contribution in [0.25, 0.3) is 37.9 Å². The molecule has 0 saturated heterocycles. The monoisotopic (exact) mass is 862 g/mol. The van der Waals surface area contributed by atoms with E-state index in [1.165, 1.54) is 0 Å². The summed E-state index contributed by atoms with van der Waals surface area (Å²) < 4.78 is 145. The minimum Gasteiger partial charge on any atom is -0.269 e. The zero-order valence-electron chi connectivity index (χ0n) is 26.8. The van der Waals surface area contributed by atoms with Crippen molar-refractivity contribution in [3.05, 3.63) is 119 Å². The molecule has 6 aromatic rings. The number of imide groups is 2. The molecule has 56 heavy (non-hydrogen) atoms. The Hall–Kier alpha value is -5.16. The maximum absolute atomic E-state index is 15.0. The fourth-order valence-electron chi connectivity index (χ4n) is 7.27. The Morgan fingerprint density at radius 3 is 1.21 bits per heavy atom. The molecule has 2 aliphatic heterocycles. The van der Waals surface area contributed by atoms with Crippen molar-refractivity contribution < 1.29 is 63.1 Å². The minimum absolute atomic E-state index is 0.0793. The Labute approximate surface area is 322 Å². The number of halogens is 14. The topological polar surface area (TPSA) is 74.8 Å². The van der Waals surface area contributed by atoms with Gasteiger partial charge in [0.2, 0.25) is 11.6 Å². The van der Waals surface area contributed by atoms with Crippen molar-refractivity contribution in [2.24, 2.45) is 0 Å². The Balaban J connectivity index is 1.49. The van der Waals surface area contributed by atoms with Gasteiger partial charge < -0.3 is 0 Å². The number of hydrogen-bond acceptors (Lipinski definition) is 4. The van der Waals surface area contributed by atoms with Crippen LogP contribution in [0.4, 0.5) is 55.3 Å². The molecule has 6 nitrogen and oxygen atoms in total. The van der Waals surface area contributed by atoms with Gasteiger partial charge in [0.05, 0.1) is 16.7 Å². The number of anilines is 2. The van der Waals surface area contributed by atoms with Gasteiger partial charge in [0, 0.05) is 58.7 Å². The van der Waals surface area contributed by atoms with Crippen LogP contribution in [0.1, 0.15) is 43.6 Å². The highest BCUT2D eigenvalue weighted by atomic mass is 35.5. The number of carbonyl (C=O) groups excluding carboxylic acids is 4. The van der Waals surface area contributed by atoms with Gasteiger partial charge in [0.1, 0.15) is 11.4 Å². The average Bonchev–Trinajstić information content (AvgIpc) is 3.16. The van der Waals surface area contributed by atoms with Crippen LogP contribution >= 0.6 is 46.4 Å². The minimum atomic E-state index is -2.56. The summed E-state index contributed by atoms with van der Waals surface area (Å²) in [6.45, 7) is 1.05. The summed E-state index contributed by atoms with van der Waals surface area (Å²) in [6, 6.07) is 2.66. The number of fused-ring (bicyclic) bond motifs is 4. The van der Waals surface area contributed by atoms with Gasteiger partial charge in [0.15, 0.2) is 46.5 Å². The van der Waals surface area contributed by atoms with Gasteiger partial charge in [-0.15, -0.1) is 11.6 Å². The second kappa shape index (κ2) is 12.4. The van der Waals surface area contributed by atoms with E-state index in [1.807, 2.05) is 0 Å². The molecule has 8 rings (SSSR count). The van der Waals surface area contributed by atoms with Gasteiger partial charge in [-0.2, -0.15) is 0 Å². The SMILES string of the molecule is CC1=c2c(cc(Cl)c3c2c(CCl)c2c(Cl)cc4c5c(cc(Cl)c3c52)C(=O)N(c2c(F)c(F)c(F)c(F)c2F)C4=O)C(=O)N(c2c(F)c(F)c(F)c(F)c2F)C1=O. The van der Waals surface area contributed by atoms with Crippen LogP contribution in [0.5, 0.6) is 0 Å². The molecule has 0 N–H and O–H groups in total. The third-order valence-electron chi connectivity index (χ3n) is 9.59. The van der Waals surface area contributed by atoms with E-state index in [1.54, 1.807) is 0 Å². The highest BCUT2D eigenvalue weighted by molar-refractivity contribution is 6.52. The highest BCUT2D eigenvalue weighted by Crippen LogP contribution is 2.50. The Morgan fingerprint density at radius 2 is 0.786 bits per heavy atom. The third kappa shape index (κ3) is 4.54. The lowest BCUT2D eigenvalue weighted by molar-refractivity contribution is -0.113. The predicted molar refractivity (Wildman–Crippen MR) is 183 cm³/mol. The summed E-state index contributed by atoms with van der Waals surface area (Å²) in [5, 5.41) is -2.53. The number of amides is 4. The summed E-state index contributed by atoms with van der Waals surface area (Å²) in [4.78, 5) is 55.0. The third-order valence-corrected chi connectivity index (χ3v) is 10.8. The van der Waals surface area contributed by atoms with Gasteiger partial charge in [0.25, 0.3) is 23.6 Å². The van der Waals surface area contributed by atoms with E-state index in [2.05, 4.69) is 0 Å². The number of alkyl halides is 1. The molecule has 0 saturated carbocycles. The van der Waals surface area contributed by atoms with Crippen LogP contribution in [0.2, 0.25) is 15.1 Å². The lowest BCUT2D eigenvalue weighted by atomic mass is 9.83. The number of carbonyl (C=O) groups is 4. The van der Waals surface area contributed by atoms with Crippen molar-refractivity contribution in [3.8, 4) is 0 Å². The smallest absolute Gasteiger partial charge is 0.266 e. The van der Waals surface area contributed by atoms with Crippen molar-refractivity contribution in [2.75, 3.05) is 9.80 Å². The zero-order chi connectivity index (χ0) is 40.9. The first-order valence-electron chi connectivity index (χ1n) is 15.2. The van der Waals surface area contributed by atoms with Crippen molar-refractivity contribution in [1.82, 2.24) is 0 Å². The van der Waals surface area contributed by atoms with Crippen LogP contribution in [0.3, 0.4) is 0 Å². The van der Waals surface area contributed by atoms with Gasteiger partial charge in [-0.05, 0) is 36.1 Å². The fourth-order valence-corrected chi connectivity index (χ4v) is 8.45. The van der Waals surface area contributed by atoms with Crippen LogP contribution in [0.15, 0.2) is 18.2 Å². The number of hydrogen-bond donors (Lipinski definition) is 0. The first-order valence-corrected chi connectivity index (χ1v) is 16.9. The molecule has 0 radical (unpaired) electrons. The van der Waals surface area contributed by atoms with Crippen molar-refractivity contribution in [1.29, 1.82) is 0 Å².